The molecule has 0 fully saturated rings. The lowest BCUT2D eigenvalue weighted by Crippen LogP contribution is -2.33. The van der Waals surface area contributed by atoms with Crippen LogP contribution in [0, 0.1) is 0 Å². The third kappa shape index (κ3) is 4.18. The molecule has 0 spiro atoms. The number of amidine groups is 2. The standard InChI is InChI=1S/C43H28N4O/c1-3-12-27(13-4-1)41-44-42(28-14-5-2-6-15-28)46-43(45-41)34-19-11-21-38-40(34)33-23-22-31(26-39(33)48-38)47-36-20-10-9-18-32(36)35-24-29-16-7-8-17-30(29)25-37(35)47/h1-26,41H,(H,44,45,46). The number of furan rings is 1. The number of hydrogen-bond donors (Lipinski definition) is 1. The molecule has 48 heavy (non-hydrogen) atoms. The first-order valence-corrected chi connectivity index (χ1v) is 16.2. The fourth-order valence-corrected chi connectivity index (χ4v) is 7.19. The highest BCUT2D eigenvalue weighted by molar-refractivity contribution is 6.22. The van der Waals surface area contributed by atoms with Gasteiger partial charge in [0.25, 0.3) is 0 Å². The highest BCUT2D eigenvalue weighted by Crippen LogP contribution is 2.38. The molecule has 0 radical (unpaired) electrons. The molecule has 0 bridgehead atoms. The van der Waals surface area contributed by atoms with E-state index in [0.29, 0.717) is 5.84 Å². The van der Waals surface area contributed by atoms with Gasteiger partial charge in [0, 0.05) is 44.4 Å². The van der Waals surface area contributed by atoms with Crippen LogP contribution >= 0.6 is 0 Å². The van der Waals surface area contributed by atoms with Crippen molar-refractivity contribution in [1.82, 2.24) is 9.88 Å². The lowest BCUT2D eigenvalue weighted by molar-refractivity contribution is 0.667. The van der Waals surface area contributed by atoms with E-state index in [1.165, 1.54) is 32.6 Å². The zero-order chi connectivity index (χ0) is 31.6. The normalized spacial score (nSPS) is 14.9. The van der Waals surface area contributed by atoms with Gasteiger partial charge in [0.05, 0.1) is 11.0 Å². The van der Waals surface area contributed by atoms with Gasteiger partial charge >= 0.3 is 0 Å². The fraction of sp³-hybridized carbons (Fsp3) is 0.0233. The van der Waals surface area contributed by atoms with E-state index in [1.807, 2.05) is 48.5 Å². The van der Waals surface area contributed by atoms with Crippen LogP contribution in [0.4, 0.5) is 0 Å². The van der Waals surface area contributed by atoms with Crippen LogP contribution in [-0.2, 0) is 0 Å². The summed E-state index contributed by atoms with van der Waals surface area (Å²) in [7, 11) is 0. The summed E-state index contributed by atoms with van der Waals surface area (Å²) in [4.78, 5) is 10.1. The summed E-state index contributed by atoms with van der Waals surface area (Å²) < 4.78 is 8.97. The predicted molar refractivity (Wildman–Crippen MR) is 197 cm³/mol. The molecule has 9 aromatic rings. The van der Waals surface area contributed by atoms with Crippen molar-refractivity contribution in [3.05, 3.63) is 174 Å². The van der Waals surface area contributed by atoms with Crippen molar-refractivity contribution >= 4 is 66.2 Å². The SMILES string of the molecule is c1ccc(C2=NC(c3ccccc3)NC(c3cccc4oc5cc(-n6c7ccccc7c7cc8ccccc8cc76)ccc5c34)=N2)cc1. The molecule has 10 rings (SSSR count). The number of benzene rings is 7. The molecule has 7 aromatic carbocycles. The molecule has 1 aliphatic heterocycles. The summed E-state index contributed by atoms with van der Waals surface area (Å²) in [6.07, 6.45) is -0.277. The second-order valence-corrected chi connectivity index (χ2v) is 12.3. The maximum Gasteiger partial charge on any atom is 0.159 e. The second-order valence-electron chi connectivity index (χ2n) is 12.3. The van der Waals surface area contributed by atoms with Crippen LogP contribution < -0.4 is 5.32 Å². The Morgan fingerprint density at radius 3 is 2.17 bits per heavy atom. The van der Waals surface area contributed by atoms with Crippen molar-refractivity contribution in [3.8, 4) is 5.69 Å². The lowest BCUT2D eigenvalue weighted by Gasteiger charge is -2.24. The number of aromatic nitrogens is 1. The summed E-state index contributed by atoms with van der Waals surface area (Å²) >= 11 is 0. The van der Waals surface area contributed by atoms with Crippen LogP contribution in [0.5, 0.6) is 0 Å². The van der Waals surface area contributed by atoms with Crippen LogP contribution in [0.2, 0.25) is 0 Å². The van der Waals surface area contributed by atoms with Gasteiger partial charge in [-0.1, -0.05) is 115 Å². The highest BCUT2D eigenvalue weighted by atomic mass is 16.3. The molecule has 5 nitrogen and oxygen atoms in total. The van der Waals surface area contributed by atoms with Crippen molar-refractivity contribution in [1.29, 1.82) is 0 Å². The molecule has 1 unspecified atom stereocenters. The summed E-state index contributed by atoms with van der Waals surface area (Å²) in [6, 6.07) is 55.0. The van der Waals surface area contributed by atoms with Crippen molar-refractivity contribution in [3.63, 3.8) is 0 Å². The molecule has 1 atom stereocenters. The zero-order valence-corrected chi connectivity index (χ0v) is 25.8. The summed E-state index contributed by atoms with van der Waals surface area (Å²) in [5.74, 6) is 1.47. The molecule has 226 valence electrons. The topological polar surface area (TPSA) is 54.8 Å². The first-order valence-electron chi connectivity index (χ1n) is 16.2. The Morgan fingerprint density at radius 2 is 1.31 bits per heavy atom. The molecule has 5 heteroatoms. The van der Waals surface area contributed by atoms with E-state index in [-0.39, 0.29) is 6.17 Å². The maximum absolute atomic E-state index is 6.61. The third-order valence-corrected chi connectivity index (χ3v) is 9.42. The number of nitrogens with zero attached hydrogens (tertiary/aromatic N) is 3. The van der Waals surface area contributed by atoms with Gasteiger partial charge in [0.1, 0.15) is 23.2 Å². The van der Waals surface area contributed by atoms with Crippen molar-refractivity contribution < 1.29 is 4.42 Å². The van der Waals surface area contributed by atoms with Gasteiger partial charge in [-0.2, -0.15) is 0 Å². The Labute approximate surface area is 276 Å². The average molecular weight is 617 g/mol. The van der Waals surface area contributed by atoms with E-state index >= 15 is 0 Å². The highest BCUT2D eigenvalue weighted by Gasteiger charge is 2.24. The van der Waals surface area contributed by atoms with E-state index in [0.717, 1.165) is 50.2 Å². The van der Waals surface area contributed by atoms with Gasteiger partial charge in [-0.25, -0.2) is 9.98 Å². The molecule has 1 aliphatic rings. The minimum Gasteiger partial charge on any atom is -0.456 e. The smallest absolute Gasteiger partial charge is 0.159 e. The number of para-hydroxylation sites is 1. The molecule has 0 aliphatic carbocycles. The number of rotatable bonds is 4. The minimum atomic E-state index is -0.277. The zero-order valence-electron chi connectivity index (χ0n) is 25.8. The second kappa shape index (κ2) is 10.5. The molecule has 0 amide bonds. The van der Waals surface area contributed by atoms with Crippen LogP contribution in [0.1, 0.15) is 22.9 Å². The van der Waals surface area contributed by atoms with E-state index in [9.17, 15) is 0 Å². The van der Waals surface area contributed by atoms with Gasteiger partial charge in [-0.3, -0.25) is 0 Å². The molecule has 2 aromatic heterocycles. The Morgan fingerprint density at radius 1 is 0.562 bits per heavy atom. The quantitative estimate of drug-likeness (QED) is 0.214. The molecular formula is C43H28N4O. The average Bonchev–Trinajstić information content (AvgIpc) is 3.69. The summed E-state index contributed by atoms with van der Waals surface area (Å²) in [5, 5.41) is 10.6. The third-order valence-electron chi connectivity index (χ3n) is 9.42. The molecule has 3 heterocycles. The van der Waals surface area contributed by atoms with E-state index < -0.39 is 0 Å². The van der Waals surface area contributed by atoms with E-state index in [1.54, 1.807) is 0 Å². The first kappa shape index (κ1) is 26.7. The Hall–Kier alpha value is -6.46. The molecule has 0 saturated heterocycles. The van der Waals surface area contributed by atoms with Crippen LogP contribution in [0.3, 0.4) is 0 Å². The summed E-state index contributed by atoms with van der Waals surface area (Å²) in [5.41, 5.74) is 8.07. The number of aliphatic imine (C=N–C) groups is 2. The summed E-state index contributed by atoms with van der Waals surface area (Å²) in [6.45, 7) is 0. The van der Waals surface area contributed by atoms with Crippen LogP contribution in [-0.4, -0.2) is 16.2 Å². The van der Waals surface area contributed by atoms with Gasteiger partial charge < -0.3 is 14.3 Å². The Bertz CT molecular complexity index is 2750. The van der Waals surface area contributed by atoms with Gasteiger partial charge in [-0.15, -0.1) is 0 Å². The minimum absolute atomic E-state index is 0.277. The van der Waals surface area contributed by atoms with Crippen molar-refractivity contribution in [2.24, 2.45) is 9.98 Å². The molecule has 0 saturated carbocycles. The van der Waals surface area contributed by atoms with Gasteiger partial charge in [0.15, 0.2) is 5.84 Å². The van der Waals surface area contributed by atoms with Crippen LogP contribution in [0.25, 0.3) is 60.2 Å². The van der Waals surface area contributed by atoms with E-state index in [4.69, 9.17) is 14.4 Å². The fourth-order valence-electron chi connectivity index (χ4n) is 7.19. The van der Waals surface area contributed by atoms with Gasteiger partial charge in [0.2, 0.25) is 0 Å². The molecular weight excluding hydrogens is 589 g/mol. The monoisotopic (exact) mass is 616 g/mol. The van der Waals surface area contributed by atoms with Gasteiger partial charge in [-0.05, 0) is 52.7 Å². The number of nitrogens with one attached hydrogen (secondary N) is 1. The Balaban J connectivity index is 1.15. The maximum atomic E-state index is 6.61. The van der Waals surface area contributed by atoms with Crippen molar-refractivity contribution in [2.45, 2.75) is 6.17 Å². The first-order chi connectivity index (χ1) is 23.8. The number of fused-ring (bicyclic) bond motifs is 7. The lowest BCUT2D eigenvalue weighted by atomic mass is 10.0. The number of hydrogen-bond acceptors (Lipinski definition) is 4. The van der Waals surface area contributed by atoms with Crippen LogP contribution in [0.15, 0.2) is 172 Å². The predicted octanol–water partition coefficient (Wildman–Crippen LogP) is 10.3. The van der Waals surface area contributed by atoms with Crippen molar-refractivity contribution in [2.75, 3.05) is 0 Å². The largest absolute Gasteiger partial charge is 0.456 e. The van der Waals surface area contributed by atoms with E-state index in [2.05, 4.69) is 119 Å². The molecule has 1 N–H and O–H groups in total. The Kier molecular flexibility index (Phi) is 5.87.